The Balaban J connectivity index is 1.36. The summed E-state index contributed by atoms with van der Waals surface area (Å²) in [6, 6.07) is 28.6. The molecule has 232 valence electrons. The average Bonchev–Trinajstić information content (AvgIpc) is 3.41. The minimum atomic E-state index is -0.291. The van der Waals surface area contributed by atoms with E-state index < -0.39 is 0 Å². The molecule has 0 bridgehead atoms. The van der Waals surface area contributed by atoms with Gasteiger partial charge in [0.05, 0.1) is 5.41 Å². The number of hydrogen-bond acceptors (Lipinski definition) is 1. The fraction of sp³-hybridized carbons (Fsp3) is 0.333. The first kappa shape index (κ1) is 30.4. The third-order valence-electron chi connectivity index (χ3n) is 10.8. The van der Waals surface area contributed by atoms with Gasteiger partial charge in [-0.2, -0.15) is 0 Å². The second-order valence-electron chi connectivity index (χ2n) is 13.6. The van der Waals surface area contributed by atoms with Crippen molar-refractivity contribution in [3.8, 4) is 12.0 Å². The third-order valence-corrected chi connectivity index (χ3v) is 10.8. The summed E-state index contributed by atoms with van der Waals surface area (Å²) in [5, 5.41) is 3.48. The van der Waals surface area contributed by atoms with Crippen molar-refractivity contribution >= 4 is 11.3 Å². The summed E-state index contributed by atoms with van der Waals surface area (Å²) in [5.41, 5.74) is 14.4. The first-order valence-corrected chi connectivity index (χ1v) is 17.7. The molecule has 1 nitrogen and oxygen atoms in total. The molecule has 0 aliphatic heterocycles. The van der Waals surface area contributed by atoms with Gasteiger partial charge in [-0.1, -0.05) is 122 Å². The number of hydrogen-bond donors (Lipinski definition) is 1. The lowest BCUT2D eigenvalue weighted by atomic mass is 9.61. The van der Waals surface area contributed by atoms with Crippen LogP contribution >= 0.6 is 0 Å². The SMILES string of the molecule is C=C(/C=C\C)Cc1cccc(C2(C3=CCCCC3)C3=C(C=CCC3)c3ccccc32)c1C#CNc1ccc(C2CCCCC2)cc1. The first-order chi connectivity index (χ1) is 22.7. The van der Waals surface area contributed by atoms with Gasteiger partial charge in [0.2, 0.25) is 0 Å². The molecule has 0 heterocycles. The second-order valence-corrected chi connectivity index (χ2v) is 13.6. The summed E-state index contributed by atoms with van der Waals surface area (Å²) in [6.45, 7) is 6.48. The Hall–Kier alpha value is -4.28. The van der Waals surface area contributed by atoms with Crippen molar-refractivity contribution in [3.63, 3.8) is 0 Å². The summed E-state index contributed by atoms with van der Waals surface area (Å²) in [7, 11) is 0. The highest BCUT2D eigenvalue weighted by Gasteiger charge is 2.49. The zero-order valence-electron chi connectivity index (χ0n) is 27.5. The van der Waals surface area contributed by atoms with Crippen LogP contribution in [0.25, 0.3) is 5.57 Å². The van der Waals surface area contributed by atoms with Crippen LogP contribution in [0.4, 0.5) is 5.69 Å². The van der Waals surface area contributed by atoms with Gasteiger partial charge in [0.1, 0.15) is 0 Å². The van der Waals surface area contributed by atoms with Gasteiger partial charge in [-0.25, -0.2) is 0 Å². The normalized spacial score (nSPS) is 20.9. The van der Waals surface area contributed by atoms with E-state index in [-0.39, 0.29) is 5.41 Å². The highest BCUT2D eigenvalue weighted by molar-refractivity contribution is 5.91. The molecule has 3 aromatic carbocycles. The van der Waals surface area contributed by atoms with E-state index in [1.54, 1.807) is 11.1 Å². The fourth-order valence-electron chi connectivity index (χ4n) is 8.73. The van der Waals surface area contributed by atoms with Crippen LogP contribution in [0.1, 0.15) is 117 Å². The molecule has 1 N–H and O–H groups in total. The number of rotatable bonds is 7. The predicted molar refractivity (Wildman–Crippen MR) is 196 cm³/mol. The summed E-state index contributed by atoms with van der Waals surface area (Å²) in [5.74, 6) is 4.44. The van der Waals surface area contributed by atoms with E-state index in [1.807, 2.05) is 0 Å². The van der Waals surface area contributed by atoms with E-state index in [4.69, 9.17) is 0 Å². The molecule has 0 spiro atoms. The van der Waals surface area contributed by atoms with Gasteiger partial charge < -0.3 is 5.32 Å². The Labute approximate surface area is 276 Å². The highest BCUT2D eigenvalue weighted by Crippen LogP contribution is 2.59. The molecule has 7 rings (SSSR count). The van der Waals surface area contributed by atoms with E-state index in [1.165, 1.54) is 78.3 Å². The van der Waals surface area contributed by atoms with Crippen LogP contribution in [-0.2, 0) is 11.8 Å². The van der Waals surface area contributed by atoms with E-state index >= 15 is 0 Å². The van der Waals surface area contributed by atoms with Gasteiger partial charge in [-0.3, -0.25) is 0 Å². The average molecular weight is 602 g/mol. The zero-order valence-corrected chi connectivity index (χ0v) is 27.5. The maximum absolute atomic E-state index is 4.41. The fourth-order valence-corrected chi connectivity index (χ4v) is 8.73. The summed E-state index contributed by atoms with van der Waals surface area (Å²) >= 11 is 0. The van der Waals surface area contributed by atoms with E-state index in [9.17, 15) is 0 Å². The maximum atomic E-state index is 4.41. The Morgan fingerprint density at radius 3 is 2.52 bits per heavy atom. The summed E-state index contributed by atoms with van der Waals surface area (Å²) in [4.78, 5) is 0. The van der Waals surface area contributed by atoms with Crippen LogP contribution in [0, 0.1) is 12.0 Å². The Morgan fingerprint density at radius 1 is 0.891 bits per heavy atom. The minimum absolute atomic E-state index is 0.291. The molecule has 4 aliphatic rings. The molecule has 1 fully saturated rings. The van der Waals surface area contributed by atoms with Crippen molar-refractivity contribution in [2.75, 3.05) is 5.32 Å². The van der Waals surface area contributed by atoms with Gasteiger partial charge in [0.15, 0.2) is 0 Å². The van der Waals surface area contributed by atoms with Crippen molar-refractivity contribution in [1.82, 2.24) is 0 Å². The van der Waals surface area contributed by atoms with Crippen molar-refractivity contribution in [3.05, 3.63) is 154 Å². The largest absolute Gasteiger partial charge is 0.315 e. The smallest absolute Gasteiger partial charge is 0.0648 e. The summed E-state index contributed by atoms with van der Waals surface area (Å²) in [6.07, 6.45) is 26.0. The van der Waals surface area contributed by atoms with Crippen LogP contribution < -0.4 is 5.32 Å². The molecule has 0 radical (unpaired) electrons. The van der Waals surface area contributed by atoms with E-state index in [0.717, 1.165) is 48.9 Å². The lowest BCUT2D eigenvalue weighted by Crippen LogP contribution is -2.33. The van der Waals surface area contributed by atoms with Crippen molar-refractivity contribution in [1.29, 1.82) is 0 Å². The minimum Gasteiger partial charge on any atom is -0.315 e. The number of fused-ring (bicyclic) bond motifs is 2. The molecule has 1 unspecified atom stereocenters. The van der Waals surface area contributed by atoms with Crippen LogP contribution in [0.5, 0.6) is 0 Å². The standard InChI is InChI=1S/C45H47N/c1-3-15-33(2)32-36-18-14-25-42(39(36)30-31-46-38-28-26-35(27-29-38)34-16-6-4-7-17-34)45(37-19-8-5-9-20-37)43-23-12-10-21-40(43)41-22-11-13-24-44(41)45/h3,10-12,14-15,18-19,21-23,25-29,34,46H,2,4-9,13,16-17,20,24,32H2,1H3/b15-3-. The first-order valence-electron chi connectivity index (χ1n) is 17.7. The Bertz CT molecular complexity index is 1790. The molecule has 1 saturated carbocycles. The predicted octanol–water partition coefficient (Wildman–Crippen LogP) is 11.7. The van der Waals surface area contributed by atoms with Crippen LogP contribution in [-0.4, -0.2) is 0 Å². The van der Waals surface area contributed by atoms with Gasteiger partial charge in [0.25, 0.3) is 0 Å². The molecule has 0 aromatic heterocycles. The van der Waals surface area contributed by atoms with Gasteiger partial charge >= 0.3 is 0 Å². The Morgan fingerprint density at radius 2 is 1.72 bits per heavy atom. The van der Waals surface area contributed by atoms with Crippen molar-refractivity contribution in [2.45, 2.75) is 95.3 Å². The van der Waals surface area contributed by atoms with Crippen LogP contribution in [0.2, 0.25) is 0 Å². The van der Waals surface area contributed by atoms with E-state index in [0.29, 0.717) is 5.92 Å². The molecular formula is C45H47N. The molecular weight excluding hydrogens is 555 g/mol. The highest BCUT2D eigenvalue weighted by atomic mass is 14.8. The number of benzene rings is 3. The second kappa shape index (κ2) is 13.6. The Kier molecular flexibility index (Phi) is 8.98. The number of anilines is 1. The lowest BCUT2D eigenvalue weighted by molar-refractivity contribution is 0.443. The molecule has 0 saturated heterocycles. The van der Waals surface area contributed by atoms with Crippen molar-refractivity contribution in [2.24, 2.45) is 0 Å². The topological polar surface area (TPSA) is 12.0 Å². The van der Waals surface area contributed by atoms with Gasteiger partial charge in [-0.05, 0) is 128 Å². The van der Waals surface area contributed by atoms with Gasteiger partial charge in [0, 0.05) is 17.3 Å². The molecule has 1 atom stereocenters. The molecule has 3 aromatic rings. The maximum Gasteiger partial charge on any atom is 0.0648 e. The monoisotopic (exact) mass is 601 g/mol. The van der Waals surface area contributed by atoms with Crippen LogP contribution in [0.3, 0.4) is 0 Å². The molecule has 1 heteroatoms. The molecule has 0 amide bonds. The van der Waals surface area contributed by atoms with Crippen molar-refractivity contribution < 1.29 is 0 Å². The summed E-state index contributed by atoms with van der Waals surface area (Å²) < 4.78 is 0. The lowest BCUT2D eigenvalue weighted by Gasteiger charge is -2.40. The van der Waals surface area contributed by atoms with E-state index in [2.05, 4.69) is 128 Å². The third kappa shape index (κ3) is 5.64. The zero-order chi connectivity index (χ0) is 31.3. The molecule has 4 aliphatic carbocycles. The van der Waals surface area contributed by atoms with Crippen LogP contribution in [0.15, 0.2) is 120 Å². The van der Waals surface area contributed by atoms with Gasteiger partial charge in [-0.15, -0.1) is 0 Å². The quantitative estimate of drug-likeness (QED) is 0.123. The molecule has 46 heavy (non-hydrogen) atoms. The number of nitrogens with one attached hydrogen (secondary N) is 1. The number of allylic oxidation sites excluding steroid dienone is 9.